The van der Waals surface area contributed by atoms with Crippen molar-refractivity contribution in [2.24, 2.45) is 5.92 Å². The molecule has 1 aliphatic heterocycles. The summed E-state index contributed by atoms with van der Waals surface area (Å²) in [5, 5.41) is 12.7. The number of anilines is 1. The lowest BCUT2D eigenvalue weighted by Crippen LogP contribution is -2.36. The Morgan fingerprint density at radius 3 is 2.72 bits per heavy atom. The molecule has 0 radical (unpaired) electrons. The van der Waals surface area contributed by atoms with E-state index in [1.165, 1.54) is 4.31 Å². The fourth-order valence-corrected chi connectivity index (χ4v) is 6.56. The van der Waals surface area contributed by atoms with Crippen molar-refractivity contribution < 1.29 is 22.7 Å². The molecule has 2 amide bonds. The van der Waals surface area contributed by atoms with Crippen molar-refractivity contribution in [3.63, 3.8) is 0 Å². The van der Waals surface area contributed by atoms with Crippen molar-refractivity contribution in [2.75, 3.05) is 18.4 Å². The largest absolute Gasteiger partial charge is 0.446 e. The van der Waals surface area contributed by atoms with Crippen molar-refractivity contribution in [1.82, 2.24) is 19.8 Å². The number of H-pyrrole nitrogens is 1. The summed E-state index contributed by atoms with van der Waals surface area (Å²) in [5.74, 6) is 0.0691. The third-order valence-electron chi connectivity index (χ3n) is 7.18. The molecule has 0 bridgehead atoms. The van der Waals surface area contributed by atoms with E-state index in [0.29, 0.717) is 18.8 Å². The van der Waals surface area contributed by atoms with Crippen LogP contribution >= 0.6 is 0 Å². The zero-order valence-electron chi connectivity index (χ0n) is 18.3. The SMILES string of the molecule is CC1(NC(=O)O[C@@H]2CC[C@H](c3cc(NC(=O)[C@@H]4CCN(S(=O)(=O)C5CC5)C4)n[nH]3)C2)CC1. The van der Waals surface area contributed by atoms with Crippen LogP contribution in [0.2, 0.25) is 0 Å². The van der Waals surface area contributed by atoms with Gasteiger partial charge < -0.3 is 15.4 Å². The second-order valence-corrected chi connectivity index (χ2v) is 12.2. The minimum Gasteiger partial charge on any atom is -0.446 e. The van der Waals surface area contributed by atoms with Crippen LogP contribution in [0.15, 0.2) is 6.07 Å². The van der Waals surface area contributed by atoms with Gasteiger partial charge in [-0.2, -0.15) is 5.10 Å². The normalized spacial score (nSPS) is 29.6. The quantitative estimate of drug-likeness (QED) is 0.565. The van der Waals surface area contributed by atoms with Crippen molar-refractivity contribution in [3.8, 4) is 0 Å². The first-order valence-corrected chi connectivity index (χ1v) is 13.1. The van der Waals surface area contributed by atoms with Gasteiger partial charge in [-0.15, -0.1) is 0 Å². The summed E-state index contributed by atoms with van der Waals surface area (Å²) in [5.41, 5.74) is 0.814. The monoisotopic (exact) mass is 465 g/mol. The van der Waals surface area contributed by atoms with Gasteiger partial charge in [-0.05, 0) is 58.3 Å². The number of alkyl carbamates (subject to hydrolysis) is 1. The molecule has 3 aliphatic carbocycles. The van der Waals surface area contributed by atoms with Crippen LogP contribution in [0.25, 0.3) is 0 Å². The summed E-state index contributed by atoms with van der Waals surface area (Å²) >= 11 is 0. The fraction of sp³-hybridized carbons (Fsp3) is 0.762. The first-order valence-electron chi connectivity index (χ1n) is 11.6. The topological polar surface area (TPSA) is 133 Å². The first kappa shape index (κ1) is 21.7. The second-order valence-electron chi connectivity index (χ2n) is 10.0. The van der Waals surface area contributed by atoms with Gasteiger partial charge in [0.25, 0.3) is 0 Å². The molecule has 4 aliphatic rings. The van der Waals surface area contributed by atoms with E-state index in [2.05, 4.69) is 20.8 Å². The van der Waals surface area contributed by atoms with Gasteiger partial charge in [0.2, 0.25) is 15.9 Å². The Kier molecular flexibility index (Phi) is 5.43. The summed E-state index contributed by atoms with van der Waals surface area (Å²) < 4.78 is 31.8. The van der Waals surface area contributed by atoms with Crippen LogP contribution in [-0.4, -0.2) is 64.9 Å². The molecule has 176 valence electrons. The molecule has 10 nitrogen and oxygen atoms in total. The minimum absolute atomic E-state index is 0.0932. The van der Waals surface area contributed by atoms with E-state index in [1.54, 1.807) is 0 Å². The van der Waals surface area contributed by atoms with Gasteiger partial charge >= 0.3 is 6.09 Å². The van der Waals surface area contributed by atoms with E-state index < -0.39 is 10.0 Å². The van der Waals surface area contributed by atoms with Crippen molar-refractivity contribution in [1.29, 1.82) is 0 Å². The summed E-state index contributed by atoms with van der Waals surface area (Å²) in [7, 11) is -3.24. The number of rotatable bonds is 7. The van der Waals surface area contributed by atoms with Gasteiger partial charge in [-0.3, -0.25) is 9.89 Å². The Balaban J connectivity index is 1.10. The van der Waals surface area contributed by atoms with Crippen molar-refractivity contribution in [3.05, 3.63) is 11.8 Å². The van der Waals surface area contributed by atoms with Crippen LogP contribution in [0.5, 0.6) is 0 Å². The van der Waals surface area contributed by atoms with Crippen LogP contribution in [0, 0.1) is 5.92 Å². The number of nitrogens with one attached hydrogen (secondary N) is 3. The van der Waals surface area contributed by atoms with Crippen molar-refractivity contribution in [2.45, 2.75) is 81.1 Å². The van der Waals surface area contributed by atoms with E-state index in [0.717, 1.165) is 50.6 Å². The Bertz CT molecular complexity index is 1000. The minimum atomic E-state index is -3.24. The lowest BCUT2D eigenvalue weighted by atomic mass is 10.0. The molecule has 0 aromatic carbocycles. The maximum atomic E-state index is 12.6. The zero-order chi connectivity index (χ0) is 22.5. The van der Waals surface area contributed by atoms with Crippen LogP contribution in [0.3, 0.4) is 0 Å². The van der Waals surface area contributed by atoms with Crippen LogP contribution in [-0.2, 0) is 19.6 Å². The molecule has 1 aromatic heterocycles. The van der Waals surface area contributed by atoms with Gasteiger partial charge in [0.15, 0.2) is 5.82 Å². The number of aromatic nitrogens is 2. The fourth-order valence-electron chi connectivity index (χ4n) is 4.66. The highest BCUT2D eigenvalue weighted by Crippen LogP contribution is 2.38. The van der Waals surface area contributed by atoms with Gasteiger partial charge in [-0.1, -0.05) is 0 Å². The highest BCUT2D eigenvalue weighted by Gasteiger charge is 2.44. The van der Waals surface area contributed by atoms with E-state index in [9.17, 15) is 18.0 Å². The summed E-state index contributed by atoms with van der Waals surface area (Å²) in [6, 6.07) is 1.82. The third-order valence-corrected chi connectivity index (χ3v) is 9.54. The molecule has 0 unspecified atom stereocenters. The average molecular weight is 466 g/mol. The maximum Gasteiger partial charge on any atom is 0.407 e. The lowest BCUT2D eigenvalue weighted by Gasteiger charge is -2.16. The Labute approximate surface area is 187 Å². The smallest absolute Gasteiger partial charge is 0.407 e. The molecule has 11 heteroatoms. The molecule has 1 aromatic rings. The summed E-state index contributed by atoms with van der Waals surface area (Å²) in [6.45, 7) is 2.66. The summed E-state index contributed by atoms with van der Waals surface area (Å²) in [6.07, 6.45) is 5.88. The van der Waals surface area contributed by atoms with Gasteiger partial charge in [0.1, 0.15) is 6.10 Å². The van der Waals surface area contributed by atoms with E-state index in [-0.39, 0.29) is 47.3 Å². The van der Waals surface area contributed by atoms with Crippen LogP contribution in [0.4, 0.5) is 10.6 Å². The average Bonchev–Trinajstić information content (AvgIpc) is 3.50. The van der Waals surface area contributed by atoms with E-state index in [4.69, 9.17) is 4.74 Å². The highest BCUT2D eigenvalue weighted by atomic mass is 32.2. The molecular formula is C21H31N5O5S. The predicted octanol–water partition coefficient (Wildman–Crippen LogP) is 2.08. The zero-order valence-corrected chi connectivity index (χ0v) is 19.1. The number of nitrogens with zero attached hydrogens (tertiary/aromatic N) is 2. The van der Waals surface area contributed by atoms with Crippen LogP contribution < -0.4 is 10.6 Å². The first-order chi connectivity index (χ1) is 15.2. The van der Waals surface area contributed by atoms with Crippen molar-refractivity contribution >= 4 is 27.8 Å². The molecular weight excluding hydrogens is 434 g/mol. The predicted molar refractivity (Wildman–Crippen MR) is 116 cm³/mol. The number of sulfonamides is 1. The molecule has 32 heavy (non-hydrogen) atoms. The Hall–Kier alpha value is -2.14. The molecule has 3 saturated carbocycles. The highest BCUT2D eigenvalue weighted by molar-refractivity contribution is 7.90. The Morgan fingerprint density at radius 2 is 2.00 bits per heavy atom. The van der Waals surface area contributed by atoms with Gasteiger partial charge in [0.05, 0.1) is 11.2 Å². The molecule has 3 atom stereocenters. The number of carbonyl (C=O) groups is 2. The third kappa shape index (κ3) is 4.63. The number of hydrogen-bond acceptors (Lipinski definition) is 6. The van der Waals surface area contributed by atoms with E-state index in [1.807, 2.05) is 13.0 Å². The van der Waals surface area contributed by atoms with E-state index >= 15 is 0 Å². The molecule has 5 rings (SSSR count). The second kappa shape index (κ2) is 8.02. The summed E-state index contributed by atoms with van der Waals surface area (Å²) in [4.78, 5) is 24.7. The van der Waals surface area contributed by atoms with Gasteiger partial charge in [-0.25, -0.2) is 17.5 Å². The Morgan fingerprint density at radius 1 is 1.22 bits per heavy atom. The standard InChI is InChI=1S/C21H31N5O5S/c1-21(7-8-21)23-20(28)31-15-3-2-13(10-15)17-11-18(25-24-17)22-19(27)14-6-9-26(12-14)32(29,30)16-4-5-16/h11,13-16H,2-10,12H2,1H3,(H,23,28)(H2,22,24,25,27)/t13-,14+,15+/m0/s1. The lowest BCUT2D eigenvalue weighted by molar-refractivity contribution is -0.119. The number of hydrogen-bond donors (Lipinski definition) is 3. The molecule has 0 spiro atoms. The van der Waals surface area contributed by atoms with Gasteiger partial charge in [0, 0.05) is 36.3 Å². The molecule has 1 saturated heterocycles. The number of ether oxygens (including phenoxy) is 1. The molecule has 3 N–H and O–H groups in total. The number of aromatic amines is 1. The molecule has 2 heterocycles. The van der Waals surface area contributed by atoms with Crippen LogP contribution in [0.1, 0.15) is 69.9 Å². The maximum absolute atomic E-state index is 12.6. The number of amides is 2. The molecule has 4 fully saturated rings. The number of carbonyl (C=O) groups excluding carboxylic acids is 2.